The van der Waals surface area contributed by atoms with Crippen molar-refractivity contribution in [2.24, 2.45) is 11.8 Å². The number of aliphatic hydroxyl groups is 1. The first kappa shape index (κ1) is 5.59. The molecule has 2 rings (SSSR count). The molecule has 0 saturated heterocycles. The molecular formula is C9H16O. The molecule has 0 aromatic rings. The van der Waals surface area contributed by atoms with Crippen molar-refractivity contribution in [3.05, 3.63) is 0 Å². The summed E-state index contributed by atoms with van der Waals surface area (Å²) in [5.74, 6) is 0.975. The van der Waals surface area contributed by atoms with Gasteiger partial charge in [0.05, 0.1) is 7.45 Å². The van der Waals surface area contributed by atoms with Crippen LogP contribution in [0.1, 0.15) is 39.9 Å². The highest BCUT2D eigenvalue weighted by atomic mass is 16.3. The molecule has 0 heterocycles. The Bertz CT molecular complexity index is 156. The van der Waals surface area contributed by atoms with E-state index in [1.807, 2.05) is 0 Å². The molecule has 2 aliphatic rings. The van der Waals surface area contributed by atoms with Crippen molar-refractivity contribution in [1.82, 2.24) is 0 Å². The summed E-state index contributed by atoms with van der Waals surface area (Å²) in [6, 6.07) is 0. The van der Waals surface area contributed by atoms with Gasteiger partial charge in [-0.15, -0.1) is 0 Å². The van der Waals surface area contributed by atoms with Crippen molar-refractivity contribution < 1.29 is 6.48 Å². The van der Waals surface area contributed by atoms with E-state index in [9.17, 15) is 5.11 Å². The largest absolute Gasteiger partial charge is 0.393 e. The lowest BCUT2D eigenvalue weighted by Crippen LogP contribution is -2.22. The van der Waals surface area contributed by atoms with Crippen molar-refractivity contribution in [3.8, 4) is 0 Å². The van der Waals surface area contributed by atoms with Crippen LogP contribution in [0.5, 0.6) is 0 Å². The minimum absolute atomic E-state index is 0.302. The first-order valence-corrected chi connectivity index (χ1v) is 4.42. The Morgan fingerprint density at radius 3 is 2.70 bits per heavy atom. The molecule has 0 aliphatic heterocycles. The van der Waals surface area contributed by atoms with Gasteiger partial charge in [0.2, 0.25) is 0 Å². The van der Waals surface area contributed by atoms with Crippen LogP contribution in [0.25, 0.3) is 0 Å². The maximum Gasteiger partial charge on any atom is 0.0603 e. The predicted molar refractivity (Wildman–Crippen MR) is 40.7 cm³/mol. The average Bonchev–Trinajstić information content (AvgIpc) is 2.29. The summed E-state index contributed by atoms with van der Waals surface area (Å²) in [6.07, 6.45) is 5.62. The van der Waals surface area contributed by atoms with E-state index in [-0.39, 0.29) is 0 Å². The summed E-state index contributed by atoms with van der Waals surface area (Å²) in [5.41, 5.74) is 0. The maximum absolute atomic E-state index is 9.66. The Labute approximate surface area is 63.8 Å². The maximum atomic E-state index is 9.66. The molecule has 10 heavy (non-hydrogen) atoms. The molecule has 2 aliphatic carbocycles. The predicted octanol–water partition coefficient (Wildman–Crippen LogP) is 1.95. The quantitative estimate of drug-likeness (QED) is 0.546. The number of rotatable bonds is 0. The Morgan fingerprint density at radius 2 is 1.90 bits per heavy atom. The third-order valence-corrected chi connectivity index (χ3v) is 3.11. The highest BCUT2D eigenvalue weighted by molar-refractivity contribution is 4.86. The molecule has 3 atom stereocenters. The minimum atomic E-state index is -1.06. The molecule has 0 aromatic heterocycles. The van der Waals surface area contributed by atoms with E-state index in [0.717, 1.165) is 12.8 Å². The molecule has 0 radical (unpaired) electrons. The lowest BCUT2D eigenvalue weighted by Gasteiger charge is -2.26. The fourth-order valence-corrected chi connectivity index (χ4v) is 2.51. The molecule has 2 fully saturated rings. The molecule has 0 amide bonds. The van der Waals surface area contributed by atoms with Crippen molar-refractivity contribution in [3.63, 3.8) is 0 Å². The molecule has 58 valence electrons. The van der Waals surface area contributed by atoms with Crippen LogP contribution in [0, 0.1) is 11.8 Å². The van der Waals surface area contributed by atoms with Crippen LogP contribution in [-0.4, -0.2) is 11.2 Å². The van der Waals surface area contributed by atoms with Crippen molar-refractivity contribution in [2.45, 2.75) is 44.6 Å². The van der Waals surface area contributed by atoms with Gasteiger partial charge >= 0.3 is 0 Å². The van der Waals surface area contributed by atoms with E-state index in [1.54, 1.807) is 0 Å². The minimum Gasteiger partial charge on any atom is -0.393 e. The van der Waals surface area contributed by atoms with E-state index < -0.39 is 6.08 Å². The van der Waals surface area contributed by atoms with Crippen molar-refractivity contribution in [1.29, 1.82) is 0 Å². The zero-order chi connectivity index (χ0) is 7.90. The Morgan fingerprint density at radius 1 is 1.10 bits per heavy atom. The SMILES string of the molecule is [2H]C1(O)CCC2CCCCC21. The van der Waals surface area contributed by atoms with Crippen LogP contribution >= 0.6 is 0 Å². The summed E-state index contributed by atoms with van der Waals surface area (Å²) < 4.78 is 7.67. The second-order valence-corrected chi connectivity index (χ2v) is 3.68. The Kier molecular flexibility index (Phi) is 1.42. The molecule has 0 spiro atoms. The molecule has 1 N–H and O–H groups in total. The van der Waals surface area contributed by atoms with E-state index in [2.05, 4.69) is 0 Å². The fourth-order valence-electron chi connectivity index (χ4n) is 2.51. The number of fused-ring (bicyclic) bond motifs is 1. The Balaban J connectivity index is 2.10. The lowest BCUT2D eigenvalue weighted by atomic mass is 9.81. The smallest absolute Gasteiger partial charge is 0.0603 e. The summed E-state index contributed by atoms with van der Waals surface area (Å²) in [6.45, 7) is 0. The van der Waals surface area contributed by atoms with E-state index in [1.165, 1.54) is 19.3 Å². The van der Waals surface area contributed by atoms with E-state index in [4.69, 9.17) is 1.37 Å². The second-order valence-electron chi connectivity index (χ2n) is 3.68. The van der Waals surface area contributed by atoms with Gasteiger partial charge < -0.3 is 5.11 Å². The van der Waals surface area contributed by atoms with Gasteiger partial charge in [0.1, 0.15) is 0 Å². The van der Waals surface area contributed by atoms with Crippen molar-refractivity contribution in [2.75, 3.05) is 0 Å². The standard InChI is InChI=1S/C9H16O/c10-9-6-5-7-3-1-2-4-8(7)9/h7-10H,1-6H2/i9D. The van der Waals surface area contributed by atoms with E-state index >= 15 is 0 Å². The topological polar surface area (TPSA) is 20.2 Å². The Hall–Kier alpha value is -0.0400. The van der Waals surface area contributed by atoms with Gasteiger partial charge in [-0.25, -0.2) is 0 Å². The van der Waals surface area contributed by atoms with Gasteiger partial charge in [0.15, 0.2) is 0 Å². The summed E-state index contributed by atoms with van der Waals surface area (Å²) in [5, 5.41) is 9.66. The molecule has 0 bridgehead atoms. The van der Waals surface area contributed by atoms with Gasteiger partial charge in [-0.05, 0) is 31.1 Å². The number of hydrogen-bond donors (Lipinski definition) is 1. The highest BCUT2D eigenvalue weighted by Gasteiger charge is 2.35. The van der Waals surface area contributed by atoms with Crippen LogP contribution in [0.4, 0.5) is 0 Å². The van der Waals surface area contributed by atoms with Gasteiger partial charge in [-0.3, -0.25) is 0 Å². The zero-order valence-corrected chi connectivity index (χ0v) is 6.34. The van der Waals surface area contributed by atoms with Gasteiger partial charge in [0, 0.05) is 0 Å². The monoisotopic (exact) mass is 141 g/mol. The molecular weight excluding hydrogens is 124 g/mol. The molecule has 0 aromatic carbocycles. The second kappa shape index (κ2) is 2.54. The summed E-state index contributed by atoms with van der Waals surface area (Å²) in [4.78, 5) is 0. The van der Waals surface area contributed by atoms with Crippen LogP contribution < -0.4 is 0 Å². The van der Waals surface area contributed by atoms with E-state index in [0.29, 0.717) is 18.3 Å². The van der Waals surface area contributed by atoms with Crippen LogP contribution in [0.15, 0.2) is 0 Å². The fraction of sp³-hybridized carbons (Fsp3) is 1.00. The lowest BCUT2D eigenvalue weighted by molar-refractivity contribution is 0.0963. The summed E-state index contributed by atoms with van der Waals surface area (Å²) >= 11 is 0. The van der Waals surface area contributed by atoms with Gasteiger partial charge in [0.25, 0.3) is 0 Å². The number of hydrogen-bond acceptors (Lipinski definition) is 1. The molecule has 2 saturated carbocycles. The molecule has 1 heteroatoms. The zero-order valence-electron chi connectivity index (χ0n) is 7.34. The van der Waals surface area contributed by atoms with Crippen molar-refractivity contribution >= 4 is 0 Å². The normalized spacial score (nSPS) is 55.9. The molecule has 1 nitrogen and oxygen atoms in total. The van der Waals surface area contributed by atoms with Crippen LogP contribution in [0.2, 0.25) is 0 Å². The molecule has 3 unspecified atom stereocenters. The van der Waals surface area contributed by atoms with Gasteiger partial charge in [-0.1, -0.05) is 19.3 Å². The highest BCUT2D eigenvalue weighted by Crippen LogP contribution is 2.41. The van der Waals surface area contributed by atoms with Gasteiger partial charge in [-0.2, -0.15) is 0 Å². The third-order valence-electron chi connectivity index (χ3n) is 3.11. The average molecular weight is 141 g/mol. The summed E-state index contributed by atoms with van der Waals surface area (Å²) in [7, 11) is 0. The third kappa shape index (κ3) is 0.968. The van der Waals surface area contributed by atoms with Crippen LogP contribution in [-0.2, 0) is 0 Å². The first-order valence-electron chi connectivity index (χ1n) is 4.92. The first-order chi connectivity index (χ1) is 5.20. The van der Waals surface area contributed by atoms with Crippen LogP contribution in [0.3, 0.4) is 0 Å².